The van der Waals surface area contributed by atoms with Gasteiger partial charge < -0.3 is 30.5 Å². The lowest BCUT2D eigenvalue weighted by molar-refractivity contribution is -0.149. The smallest absolute Gasteiger partial charge is 0.408 e. The van der Waals surface area contributed by atoms with Crippen molar-refractivity contribution in [2.45, 2.75) is 110 Å². The maximum atomic E-state index is 13.9. The lowest BCUT2D eigenvalue weighted by Gasteiger charge is -2.43. The van der Waals surface area contributed by atoms with Crippen LogP contribution in [0.2, 0.25) is 0 Å². The predicted octanol–water partition coefficient (Wildman–Crippen LogP) is 3.70. The molecule has 0 bridgehead atoms. The fourth-order valence-corrected chi connectivity index (χ4v) is 4.48. The molecule has 1 aliphatic rings. The quantitative estimate of drug-likeness (QED) is 0.447. The zero-order chi connectivity index (χ0) is 27.3. The van der Waals surface area contributed by atoms with E-state index in [0.717, 1.165) is 32.1 Å². The molecule has 3 amide bonds. The minimum Gasteiger partial charge on any atom is -0.507 e. The summed E-state index contributed by atoms with van der Waals surface area (Å²) in [5, 5.41) is 26.5. The highest BCUT2D eigenvalue weighted by atomic mass is 16.6. The first-order chi connectivity index (χ1) is 16.7. The molecule has 202 valence electrons. The molecule has 0 spiro atoms. The first-order valence-corrected chi connectivity index (χ1v) is 12.7. The highest BCUT2D eigenvalue weighted by Crippen LogP contribution is 2.36. The highest BCUT2D eigenvalue weighted by molar-refractivity contribution is 5.93. The van der Waals surface area contributed by atoms with Gasteiger partial charge in [-0.05, 0) is 66.9 Å². The first kappa shape index (κ1) is 29.4. The van der Waals surface area contributed by atoms with Crippen molar-refractivity contribution in [2.24, 2.45) is 0 Å². The molecule has 4 N–H and O–H groups in total. The van der Waals surface area contributed by atoms with Gasteiger partial charge in [-0.1, -0.05) is 37.5 Å². The monoisotopic (exact) mass is 505 g/mol. The summed E-state index contributed by atoms with van der Waals surface area (Å²) in [6, 6.07) is 2.50. The third kappa shape index (κ3) is 7.85. The number of nitrogens with one attached hydrogen (secondary N) is 2. The molecule has 0 aliphatic heterocycles. The summed E-state index contributed by atoms with van der Waals surface area (Å²) >= 11 is 0. The molecule has 2 atom stereocenters. The minimum atomic E-state index is -1.35. The summed E-state index contributed by atoms with van der Waals surface area (Å²) < 4.78 is 5.26. The Bertz CT molecular complexity index is 928. The summed E-state index contributed by atoms with van der Waals surface area (Å²) in [7, 11) is 0. The fourth-order valence-electron chi connectivity index (χ4n) is 4.48. The molecule has 1 fully saturated rings. The molecule has 9 nitrogen and oxygen atoms in total. The molecule has 0 saturated heterocycles. The van der Waals surface area contributed by atoms with Gasteiger partial charge in [-0.2, -0.15) is 0 Å². The topological polar surface area (TPSA) is 128 Å². The van der Waals surface area contributed by atoms with E-state index in [1.165, 1.54) is 4.90 Å². The maximum Gasteiger partial charge on any atom is 0.408 e. The average molecular weight is 506 g/mol. The predicted molar refractivity (Wildman–Crippen MR) is 137 cm³/mol. The van der Waals surface area contributed by atoms with Gasteiger partial charge in [0.1, 0.15) is 23.4 Å². The Morgan fingerprint density at radius 3 is 2.22 bits per heavy atom. The van der Waals surface area contributed by atoms with E-state index in [1.54, 1.807) is 66.7 Å². The third-order valence-electron chi connectivity index (χ3n) is 6.15. The number of rotatable bonds is 7. The van der Waals surface area contributed by atoms with Gasteiger partial charge in [-0.15, -0.1) is 0 Å². The minimum absolute atomic E-state index is 0.0221. The molecule has 1 aliphatic carbocycles. The Hall–Kier alpha value is -2.81. The van der Waals surface area contributed by atoms with Crippen LogP contribution in [0.15, 0.2) is 18.2 Å². The lowest BCUT2D eigenvalue weighted by Crippen LogP contribution is -2.60. The second-order valence-electron chi connectivity index (χ2n) is 11.5. The number of para-hydroxylation sites is 1. The summed E-state index contributed by atoms with van der Waals surface area (Å²) in [5.41, 5.74) is -0.868. The van der Waals surface area contributed by atoms with Crippen molar-refractivity contribution in [2.75, 3.05) is 6.61 Å². The number of alkyl carbamates (subject to hydrolysis) is 1. The average Bonchev–Trinajstić information content (AvgIpc) is 2.76. The van der Waals surface area contributed by atoms with Crippen molar-refractivity contribution >= 4 is 17.9 Å². The van der Waals surface area contributed by atoms with Crippen LogP contribution in [0.25, 0.3) is 0 Å². The number of aromatic hydroxyl groups is 1. The number of nitrogens with zero attached hydrogens (tertiary/aromatic N) is 1. The van der Waals surface area contributed by atoms with E-state index in [2.05, 4.69) is 10.6 Å². The Kier molecular flexibility index (Phi) is 9.77. The summed E-state index contributed by atoms with van der Waals surface area (Å²) in [4.78, 5) is 41.4. The molecule has 2 rings (SSSR count). The van der Waals surface area contributed by atoms with Crippen LogP contribution in [0.5, 0.6) is 5.75 Å². The zero-order valence-corrected chi connectivity index (χ0v) is 22.7. The Morgan fingerprint density at radius 1 is 1.08 bits per heavy atom. The molecule has 1 saturated carbocycles. The number of hydrogen-bond donors (Lipinski definition) is 4. The van der Waals surface area contributed by atoms with E-state index in [4.69, 9.17) is 4.74 Å². The van der Waals surface area contributed by atoms with Gasteiger partial charge in [0.15, 0.2) is 0 Å². The van der Waals surface area contributed by atoms with Crippen molar-refractivity contribution in [3.05, 3.63) is 29.3 Å². The van der Waals surface area contributed by atoms with Crippen molar-refractivity contribution in [1.29, 1.82) is 0 Å². The molecule has 9 heteroatoms. The summed E-state index contributed by atoms with van der Waals surface area (Å²) in [6.07, 6.45) is 3.99. The Labute approximate surface area is 214 Å². The molecular weight excluding hydrogens is 462 g/mol. The molecule has 1 aromatic rings. The largest absolute Gasteiger partial charge is 0.507 e. The highest BCUT2D eigenvalue weighted by Gasteiger charge is 2.43. The molecule has 0 radical (unpaired) electrons. The number of phenols is 1. The van der Waals surface area contributed by atoms with Crippen LogP contribution < -0.4 is 10.6 Å². The maximum absolute atomic E-state index is 13.9. The van der Waals surface area contributed by atoms with Crippen LogP contribution in [0.4, 0.5) is 4.79 Å². The normalized spacial score (nSPS) is 16.6. The molecule has 0 heterocycles. The second kappa shape index (κ2) is 12.0. The lowest BCUT2D eigenvalue weighted by atomic mass is 9.92. The van der Waals surface area contributed by atoms with Crippen LogP contribution in [0.3, 0.4) is 0 Å². The summed E-state index contributed by atoms with van der Waals surface area (Å²) in [5.74, 6) is -1.16. The van der Waals surface area contributed by atoms with E-state index in [9.17, 15) is 24.6 Å². The van der Waals surface area contributed by atoms with Crippen LogP contribution in [0, 0.1) is 6.92 Å². The molecule has 0 aromatic heterocycles. The van der Waals surface area contributed by atoms with E-state index in [-0.39, 0.29) is 17.4 Å². The Morgan fingerprint density at radius 2 is 1.69 bits per heavy atom. The SMILES string of the molecule is Cc1cccc(C(C(=O)NC2CCCCC2)N(C(=O)C(CO)NC(=O)OC(C)(C)C)C(C)(C)C)c1O. The van der Waals surface area contributed by atoms with E-state index in [0.29, 0.717) is 5.56 Å². The fraction of sp³-hybridized carbons (Fsp3) is 0.667. The zero-order valence-electron chi connectivity index (χ0n) is 22.7. The van der Waals surface area contributed by atoms with Crippen molar-refractivity contribution in [3.8, 4) is 5.75 Å². The number of aryl methyl sites for hydroxylation is 1. The van der Waals surface area contributed by atoms with E-state index < -0.39 is 47.7 Å². The molecular formula is C27H43N3O6. The number of carbonyl (C=O) groups is 3. The first-order valence-electron chi connectivity index (χ1n) is 12.7. The van der Waals surface area contributed by atoms with Gasteiger partial charge in [0.25, 0.3) is 0 Å². The van der Waals surface area contributed by atoms with Crippen molar-refractivity contribution in [1.82, 2.24) is 15.5 Å². The number of aliphatic hydroxyl groups is 1. The van der Waals surface area contributed by atoms with Gasteiger partial charge >= 0.3 is 6.09 Å². The van der Waals surface area contributed by atoms with Gasteiger partial charge in [-0.25, -0.2) is 4.79 Å². The van der Waals surface area contributed by atoms with Crippen LogP contribution in [0.1, 0.15) is 90.8 Å². The van der Waals surface area contributed by atoms with Crippen LogP contribution in [-0.2, 0) is 14.3 Å². The number of benzene rings is 1. The van der Waals surface area contributed by atoms with Gasteiger partial charge in [0, 0.05) is 17.1 Å². The van der Waals surface area contributed by atoms with Crippen LogP contribution in [-0.4, -0.2) is 62.9 Å². The molecule has 1 aromatic carbocycles. The number of carbonyl (C=O) groups excluding carboxylic acids is 3. The molecule has 36 heavy (non-hydrogen) atoms. The number of phenolic OH excluding ortho intramolecular Hbond substituents is 1. The van der Waals surface area contributed by atoms with E-state index >= 15 is 0 Å². The standard InChI is InChI=1S/C27H43N3O6/c1-17-12-11-15-19(22(17)32)21(23(33)28-18-13-9-8-10-14-18)30(26(2,3)4)24(34)20(16-31)29-25(35)36-27(5,6)7/h11-12,15,18,20-21,31-32H,8-10,13-14,16H2,1-7H3,(H,28,33)(H,29,35). The van der Waals surface area contributed by atoms with Crippen LogP contribution >= 0.6 is 0 Å². The van der Waals surface area contributed by atoms with Crippen molar-refractivity contribution < 1.29 is 29.3 Å². The van der Waals surface area contributed by atoms with E-state index in [1.807, 2.05) is 0 Å². The number of ether oxygens (including phenoxy) is 1. The number of amides is 3. The van der Waals surface area contributed by atoms with Crippen molar-refractivity contribution in [3.63, 3.8) is 0 Å². The number of aliphatic hydroxyl groups excluding tert-OH is 1. The number of hydrogen-bond acceptors (Lipinski definition) is 6. The van der Waals surface area contributed by atoms with Gasteiger partial charge in [0.2, 0.25) is 11.8 Å². The molecule has 2 unspecified atom stereocenters. The third-order valence-corrected chi connectivity index (χ3v) is 6.15. The van der Waals surface area contributed by atoms with Gasteiger partial charge in [0.05, 0.1) is 6.61 Å². The second-order valence-corrected chi connectivity index (χ2v) is 11.5. The summed E-state index contributed by atoms with van der Waals surface area (Å²) in [6.45, 7) is 11.4. The van der Waals surface area contributed by atoms with Gasteiger partial charge in [-0.3, -0.25) is 9.59 Å². The Balaban J connectivity index is 2.51.